The Balaban J connectivity index is 1.51. The van der Waals surface area contributed by atoms with Gasteiger partial charge in [0.05, 0.1) is 13.2 Å². The number of unbranched alkanes of at least 4 members (excludes halogenated alkanes) is 2. The van der Waals surface area contributed by atoms with Crippen LogP contribution >= 0.6 is 0 Å². The van der Waals surface area contributed by atoms with Gasteiger partial charge >= 0.3 is 6.18 Å². The molecule has 0 aromatic heterocycles. The summed E-state index contributed by atoms with van der Waals surface area (Å²) in [7, 11) is 0. The van der Waals surface area contributed by atoms with Crippen LogP contribution in [-0.2, 0) is 9.47 Å². The Morgan fingerprint density at radius 2 is 1.55 bits per heavy atom. The van der Waals surface area contributed by atoms with Crippen molar-refractivity contribution in [2.24, 2.45) is 17.8 Å². The van der Waals surface area contributed by atoms with Gasteiger partial charge in [-0.25, -0.2) is 8.78 Å². The van der Waals surface area contributed by atoms with Crippen LogP contribution in [0.4, 0.5) is 22.0 Å². The minimum absolute atomic E-state index is 0.136. The second-order valence-corrected chi connectivity index (χ2v) is 8.81. The average molecular weight is 447 g/mol. The number of ether oxygens (including phenoxy) is 2. The van der Waals surface area contributed by atoms with Gasteiger partial charge in [0.25, 0.3) is 0 Å². The van der Waals surface area contributed by atoms with Crippen molar-refractivity contribution in [2.45, 2.75) is 70.8 Å². The van der Waals surface area contributed by atoms with Gasteiger partial charge in [-0.3, -0.25) is 0 Å². The van der Waals surface area contributed by atoms with E-state index in [9.17, 15) is 22.0 Å². The highest BCUT2D eigenvalue weighted by Crippen LogP contribution is 2.39. The van der Waals surface area contributed by atoms with E-state index in [0.29, 0.717) is 25.2 Å². The van der Waals surface area contributed by atoms with Gasteiger partial charge in [0, 0.05) is 23.1 Å². The van der Waals surface area contributed by atoms with Gasteiger partial charge in [-0.05, 0) is 42.9 Å². The van der Waals surface area contributed by atoms with Crippen molar-refractivity contribution in [1.82, 2.24) is 0 Å². The molecule has 2 nitrogen and oxygen atoms in total. The zero-order valence-corrected chi connectivity index (χ0v) is 17.9. The normalized spacial score (nSPS) is 27.7. The van der Waals surface area contributed by atoms with Crippen LogP contribution in [0.1, 0.15) is 75.7 Å². The molecule has 0 unspecified atom stereocenters. The van der Waals surface area contributed by atoms with E-state index in [0.717, 1.165) is 30.9 Å². The van der Waals surface area contributed by atoms with Crippen LogP contribution in [0.3, 0.4) is 0 Å². The van der Waals surface area contributed by atoms with E-state index in [1.165, 1.54) is 38.5 Å². The standard InChI is InChI=1S/C24H31F5O2/c1-2-3-4-5-16-6-8-17(9-7-16)19-14-30-23(31-15-19)18-12-21(25)20(22(26)13-18)10-11-24(27,28)29/h10-13,16-17,19,23H,2-9,14-15H2,1H3/b11-10+. The first kappa shape index (κ1) is 24.2. The van der Waals surface area contributed by atoms with E-state index >= 15 is 0 Å². The molecule has 2 fully saturated rings. The second kappa shape index (κ2) is 10.9. The molecular weight excluding hydrogens is 415 g/mol. The lowest BCUT2D eigenvalue weighted by Gasteiger charge is -2.38. The molecule has 1 saturated heterocycles. The molecular formula is C24H31F5O2. The highest BCUT2D eigenvalue weighted by Gasteiger charge is 2.33. The third kappa shape index (κ3) is 7.01. The molecule has 1 aromatic rings. The van der Waals surface area contributed by atoms with Crippen molar-refractivity contribution >= 4 is 6.08 Å². The molecule has 3 rings (SSSR count). The van der Waals surface area contributed by atoms with E-state index < -0.39 is 29.7 Å². The Bertz CT molecular complexity index is 707. The summed E-state index contributed by atoms with van der Waals surface area (Å²) in [5.74, 6) is -0.544. The Hall–Kier alpha value is -1.47. The monoisotopic (exact) mass is 446 g/mol. The third-order valence-corrected chi connectivity index (χ3v) is 6.51. The zero-order chi connectivity index (χ0) is 22.4. The number of hydrogen-bond acceptors (Lipinski definition) is 2. The van der Waals surface area contributed by atoms with Crippen LogP contribution in [0, 0.1) is 29.4 Å². The maximum absolute atomic E-state index is 14.2. The van der Waals surface area contributed by atoms with Crippen LogP contribution in [0.15, 0.2) is 18.2 Å². The molecule has 1 aromatic carbocycles. The van der Waals surface area contributed by atoms with Crippen molar-refractivity contribution < 1.29 is 31.4 Å². The summed E-state index contributed by atoms with van der Waals surface area (Å²) in [6.07, 6.45) is 4.59. The SMILES string of the molecule is CCCCCC1CCC(C2COC(c3cc(F)c(/C=C/C(F)(F)F)c(F)c3)OC2)CC1. The van der Waals surface area contributed by atoms with Gasteiger partial charge in [-0.2, -0.15) is 13.2 Å². The molecule has 1 saturated carbocycles. The van der Waals surface area contributed by atoms with E-state index in [4.69, 9.17) is 9.47 Å². The van der Waals surface area contributed by atoms with Crippen molar-refractivity contribution in [3.8, 4) is 0 Å². The predicted molar refractivity (Wildman–Crippen MR) is 109 cm³/mol. The number of rotatable bonds is 7. The minimum atomic E-state index is -4.64. The fourth-order valence-electron chi connectivity index (χ4n) is 4.69. The topological polar surface area (TPSA) is 18.5 Å². The average Bonchev–Trinajstić information content (AvgIpc) is 2.73. The van der Waals surface area contributed by atoms with E-state index in [-0.39, 0.29) is 17.6 Å². The van der Waals surface area contributed by atoms with Gasteiger partial charge in [-0.1, -0.05) is 45.4 Å². The van der Waals surface area contributed by atoms with Gasteiger partial charge in [0.1, 0.15) is 11.6 Å². The summed E-state index contributed by atoms with van der Waals surface area (Å²) in [6, 6.07) is 1.96. The molecule has 31 heavy (non-hydrogen) atoms. The Morgan fingerprint density at radius 3 is 2.10 bits per heavy atom. The molecule has 7 heteroatoms. The summed E-state index contributed by atoms with van der Waals surface area (Å²) >= 11 is 0. The van der Waals surface area contributed by atoms with Crippen molar-refractivity contribution in [1.29, 1.82) is 0 Å². The molecule has 2 aliphatic rings. The molecule has 1 heterocycles. The van der Waals surface area contributed by atoms with Gasteiger partial charge in [0.15, 0.2) is 6.29 Å². The smallest absolute Gasteiger partial charge is 0.348 e. The van der Waals surface area contributed by atoms with Crippen LogP contribution in [0.2, 0.25) is 0 Å². The molecule has 174 valence electrons. The number of allylic oxidation sites excluding steroid dienone is 1. The van der Waals surface area contributed by atoms with Crippen LogP contribution in [0.5, 0.6) is 0 Å². The molecule has 0 amide bonds. The van der Waals surface area contributed by atoms with Crippen molar-refractivity contribution in [2.75, 3.05) is 13.2 Å². The molecule has 0 spiro atoms. The highest BCUT2D eigenvalue weighted by molar-refractivity contribution is 5.52. The summed E-state index contributed by atoms with van der Waals surface area (Å²) < 4.78 is 76.7. The Morgan fingerprint density at radius 1 is 0.935 bits per heavy atom. The van der Waals surface area contributed by atoms with Gasteiger partial charge in [-0.15, -0.1) is 0 Å². The first-order chi connectivity index (χ1) is 14.8. The molecule has 0 atom stereocenters. The molecule has 0 N–H and O–H groups in total. The summed E-state index contributed by atoms with van der Waals surface area (Å²) in [5, 5.41) is 0. The fourth-order valence-corrected chi connectivity index (χ4v) is 4.69. The number of halogens is 5. The fraction of sp³-hybridized carbons (Fsp3) is 0.667. The maximum Gasteiger partial charge on any atom is 0.409 e. The van der Waals surface area contributed by atoms with Crippen LogP contribution in [0.25, 0.3) is 6.08 Å². The molecule has 0 radical (unpaired) electrons. The predicted octanol–water partition coefficient (Wildman–Crippen LogP) is 7.59. The Labute approximate surface area is 180 Å². The van der Waals surface area contributed by atoms with E-state index in [1.54, 1.807) is 0 Å². The molecule has 0 bridgehead atoms. The summed E-state index contributed by atoms with van der Waals surface area (Å²) in [4.78, 5) is 0. The lowest BCUT2D eigenvalue weighted by atomic mass is 9.74. The van der Waals surface area contributed by atoms with Crippen LogP contribution in [-0.4, -0.2) is 19.4 Å². The Kier molecular flexibility index (Phi) is 8.50. The number of alkyl halides is 3. The van der Waals surface area contributed by atoms with E-state index in [2.05, 4.69) is 6.92 Å². The van der Waals surface area contributed by atoms with Crippen molar-refractivity contribution in [3.63, 3.8) is 0 Å². The van der Waals surface area contributed by atoms with Crippen LogP contribution < -0.4 is 0 Å². The minimum Gasteiger partial charge on any atom is -0.348 e. The third-order valence-electron chi connectivity index (χ3n) is 6.51. The lowest BCUT2D eigenvalue weighted by molar-refractivity contribution is -0.215. The maximum atomic E-state index is 14.2. The lowest BCUT2D eigenvalue weighted by Crippen LogP contribution is -2.34. The highest BCUT2D eigenvalue weighted by atomic mass is 19.4. The summed E-state index contributed by atoms with van der Waals surface area (Å²) in [5.41, 5.74) is -0.595. The number of benzene rings is 1. The number of hydrogen-bond donors (Lipinski definition) is 0. The molecule has 1 aliphatic heterocycles. The van der Waals surface area contributed by atoms with E-state index in [1.807, 2.05) is 0 Å². The first-order valence-electron chi connectivity index (χ1n) is 11.2. The first-order valence-corrected chi connectivity index (χ1v) is 11.2. The second-order valence-electron chi connectivity index (χ2n) is 8.81. The molecule has 1 aliphatic carbocycles. The van der Waals surface area contributed by atoms with Gasteiger partial charge < -0.3 is 9.47 Å². The van der Waals surface area contributed by atoms with Gasteiger partial charge in [0.2, 0.25) is 0 Å². The largest absolute Gasteiger partial charge is 0.409 e. The zero-order valence-electron chi connectivity index (χ0n) is 17.9. The summed E-state index contributed by atoms with van der Waals surface area (Å²) in [6.45, 7) is 3.12. The quantitative estimate of drug-likeness (QED) is 0.317. The van der Waals surface area contributed by atoms with Crippen molar-refractivity contribution in [3.05, 3.63) is 41.0 Å².